The largest absolute Gasteiger partial charge is 0.481 e. The van der Waals surface area contributed by atoms with E-state index in [-0.39, 0.29) is 27.1 Å². The summed E-state index contributed by atoms with van der Waals surface area (Å²) in [4.78, 5) is 19.5. The first kappa shape index (κ1) is 15.7. The average molecular weight is 134 g/mol. The Kier molecular flexibility index (Phi) is 12.5. The summed E-state index contributed by atoms with van der Waals surface area (Å²) in [5.74, 6) is -1.37. The van der Waals surface area contributed by atoms with Gasteiger partial charge in [-0.1, -0.05) is 14.9 Å². The lowest BCUT2D eigenvalue weighted by Gasteiger charge is -1.80. The SMILES string of the molecule is C.C.CC(=O)CC(=O)O. The van der Waals surface area contributed by atoms with E-state index in [1.165, 1.54) is 6.92 Å². The second kappa shape index (κ2) is 7.14. The maximum atomic E-state index is 9.87. The molecular weight excluding hydrogens is 120 g/mol. The van der Waals surface area contributed by atoms with E-state index in [9.17, 15) is 9.59 Å². The van der Waals surface area contributed by atoms with Gasteiger partial charge in [0.15, 0.2) is 0 Å². The summed E-state index contributed by atoms with van der Waals surface area (Å²) < 4.78 is 0. The summed E-state index contributed by atoms with van der Waals surface area (Å²) in [6.45, 7) is 1.24. The van der Waals surface area contributed by atoms with Crippen LogP contribution in [-0.2, 0) is 9.59 Å². The molecule has 0 saturated heterocycles. The Balaban J connectivity index is -0.000000180. The van der Waals surface area contributed by atoms with E-state index in [0.29, 0.717) is 0 Å². The van der Waals surface area contributed by atoms with Crippen molar-refractivity contribution in [2.75, 3.05) is 0 Å². The van der Waals surface area contributed by atoms with Crippen molar-refractivity contribution >= 4 is 11.8 Å². The lowest BCUT2D eigenvalue weighted by molar-refractivity contribution is -0.139. The molecule has 0 unspecified atom stereocenters. The second-order valence-electron chi connectivity index (χ2n) is 1.27. The number of carbonyl (C=O) groups is 2. The molecule has 0 heterocycles. The molecular formula is C6H14O3. The minimum atomic E-state index is -1.06. The van der Waals surface area contributed by atoms with Crippen LogP contribution in [0.4, 0.5) is 0 Å². The van der Waals surface area contributed by atoms with Crippen LogP contribution in [0.25, 0.3) is 0 Å². The molecule has 56 valence electrons. The minimum absolute atomic E-state index is 0. The third-order valence-corrected chi connectivity index (χ3v) is 0.400. The van der Waals surface area contributed by atoms with E-state index >= 15 is 0 Å². The van der Waals surface area contributed by atoms with Gasteiger partial charge in [-0.3, -0.25) is 9.59 Å². The summed E-state index contributed by atoms with van der Waals surface area (Å²) in [5, 5.41) is 7.86. The highest BCUT2D eigenvalue weighted by Gasteiger charge is 1.98. The van der Waals surface area contributed by atoms with E-state index < -0.39 is 5.97 Å². The molecule has 0 atom stereocenters. The van der Waals surface area contributed by atoms with Crippen LogP contribution in [-0.4, -0.2) is 16.9 Å². The standard InChI is InChI=1S/C4H6O3.2CH4/c1-3(5)2-4(6)7;;/h2H2,1H3,(H,6,7);2*1H4. The maximum Gasteiger partial charge on any atom is 0.310 e. The zero-order valence-corrected chi connectivity index (χ0v) is 3.97. The average Bonchev–Trinajstić information content (AvgIpc) is 1.27. The first-order valence-corrected chi connectivity index (χ1v) is 1.84. The van der Waals surface area contributed by atoms with Gasteiger partial charge in [-0.15, -0.1) is 0 Å². The molecule has 0 aromatic heterocycles. The summed E-state index contributed by atoms with van der Waals surface area (Å²) in [7, 11) is 0. The van der Waals surface area contributed by atoms with Crippen molar-refractivity contribution in [1.82, 2.24) is 0 Å². The van der Waals surface area contributed by atoms with Gasteiger partial charge in [0.25, 0.3) is 0 Å². The van der Waals surface area contributed by atoms with Gasteiger partial charge in [0.1, 0.15) is 12.2 Å². The van der Waals surface area contributed by atoms with Crippen LogP contribution in [0.5, 0.6) is 0 Å². The molecule has 9 heavy (non-hydrogen) atoms. The smallest absolute Gasteiger partial charge is 0.310 e. The molecule has 0 spiro atoms. The van der Waals surface area contributed by atoms with E-state index in [1.54, 1.807) is 0 Å². The quantitative estimate of drug-likeness (QED) is 0.579. The number of ketones is 1. The molecule has 0 aliphatic heterocycles. The normalized spacial score (nSPS) is 6.33. The molecule has 0 aromatic carbocycles. The van der Waals surface area contributed by atoms with Crippen molar-refractivity contribution in [2.24, 2.45) is 0 Å². The molecule has 3 heteroatoms. The lowest BCUT2D eigenvalue weighted by Crippen LogP contribution is -2.00. The van der Waals surface area contributed by atoms with Crippen LogP contribution in [0.2, 0.25) is 0 Å². The fourth-order valence-electron chi connectivity index (χ4n) is 0.213. The minimum Gasteiger partial charge on any atom is -0.481 e. The van der Waals surface area contributed by atoms with Crippen LogP contribution in [0.15, 0.2) is 0 Å². The number of Topliss-reactive ketones (excluding diaryl/α,β-unsaturated/α-hetero) is 1. The van der Waals surface area contributed by atoms with E-state index in [2.05, 4.69) is 0 Å². The van der Waals surface area contributed by atoms with Crippen molar-refractivity contribution in [3.05, 3.63) is 0 Å². The Labute approximate surface area is 55.7 Å². The molecule has 0 fully saturated rings. The predicted octanol–water partition coefficient (Wildman–Crippen LogP) is 1.32. The summed E-state index contributed by atoms with van der Waals surface area (Å²) >= 11 is 0. The van der Waals surface area contributed by atoms with Gasteiger partial charge in [0.05, 0.1) is 0 Å². The number of carboxylic acids is 1. The van der Waals surface area contributed by atoms with Crippen molar-refractivity contribution in [3.63, 3.8) is 0 Å². The number of hydrogen-bond acceptors (Lipinski definition) is 2. The molecule has 0 aliphatic rings. The zero-order valence-electron chi connectivity index (χ0n) is 3.97. The number of carboxylic acid groups (broad SMARTS) is 1. The third kappa shape index (κ3) is 19.1. The second-order valence-corrected chi connectivity index (χ2v) is 1.27. The van der Waals surface area contributed by atoms with Crippen LogP contribution < -0.4 is 0 Å². The summed E-state index contributed by atoms with van der Waals surface area (Å²) in [6, 6.07) is 0. The number of carbonyl (C=O) groups excluding carboxylic acids is 1. The first-order chi connectivity index (χ1) is 3.13. The van der Waals surface area contributed by atoms with Gasteiger partial charge < -0.3 is 5.11 Å². The Morgan fingerprint density at radius 2 is 1.67 bits per heavy atom. The summed E-state index contributed by atoms with van der Waals surface area (Å²) in [5.41, 5.74) is 0. The lowest BCUT2D eigenvalue weighted by atomic mass is 10.3. The van der Waals surface area contributed by atoms with Crippen LogP contribution >= 0.6 is 0 Å². The fourth-order valence-corrected chi connectivity index (χ4v) is 0.213. The van der Waals surface area contributed by atoms with Gasteiger partial charge >= 0.3 is 5.97 Å². The van der Waals surface area contributed by atoms with Crippen LogP contribution in [0, 0.1) is 0 Å². The van der Waals surface area contributed by atoms with Gasteiger partial charge in [0.2, 0.25) is 0 Å². The highest BCUT2D eigenvalue weighted by molar-refractivity contribution is 5.93. The molecule has 1 N–H and O–H groups in total. The van der Waals surface area contributed by atoms with E-state index in [0.717, 1.165) is 0 Å². The Morgan fingerprint density at radius 1 is 1.33 bits per heavy atom. The zero-order chi connectivity index (χ0) is 5.86. The van der Waals surface area contributed by atoms with Crippen molar-refractivity contribution in [2.45, 2.75) is 28.2 Å². The van der Waals surface area contributed by atoms with Crippen molar-refractivity contribution in [1.29, 1.82) is 0 Å². The maximum absolute atomic E-state index is 9.87. The summed E-state index contributed by atoms with van der Waals surface area (Å²) in [6.07, 6.45) is -0.361. The molecule has 0 bridgehead atoms. The third-order valence-electron chi connectivity index (χ3n) is 0.400. The highest BCUT2D eigenvalue weighted by atomic mass is 16.4. The molecule has 0 aromatic rings. The molecule has 0 rings (SSSR count). The van der Waals surface area contributed by atoms with Gasteiger partial charge in [-0.2, -0.15) is 0 Å². The van der Waals surface area contributed by atoms with Gasteiger partial charge in [-0.25, -0.2) is 0 Å². The highest BCUT2D eigenvalue weighted by Crippen LogP contribution is 1.77. The van der Waals surface area contributed by atoms with E-state index in [1.807, 2.05) is 0 Å². The van der Waals surface area contributed by atoms with E-state index in [4.69, 9.17) is 5.11 Å². The van der Waals surface area contributed by atoms with Crippen molar-refractivity contribution < 1.29 is 14.7 Å². The number of hydrogen-bond donors (Lipinski definition) is 1. The van der Waals surface area contributed by atoms with Gasteiger partial charge in [0, 0.05) is 0 Å². The Morgan fingerprint density at radius 3 is 1.67 bits per heavy atom. The number of aliphatic carboxylic acids is 1. The Bertz CT molecular complexity index is 84.5. The van der Waals surface area contributed by atoms with Crippen LogP contribution in [0.3, 0.4) is 0 Å². The molecule has 0 amide bonds. The molecule has 0 aliphatic carbocycles. The topological polar surface area (TPSA) is 54.4 Å². The molecule has 0 radical (unpaired) electrons. The first-order valence-electron chi connectivity index (χ1n) is 1.84. The van der Waals surface area contributed by atoms with Crippen LogP contribution in [0.1, 0.15) is 28.2 Å². The Hall–Kier alpha value is -0.860. The molecule has 3 nitrogen and oxygen atoms in total. The van der Waals surface area contributed by atoms with Gasteiger partial charge in [-0.05, 0) is 6.92 Å². The number of rotatable bonds is 2. The fraction of sp³-hybridized carbons (Fsp3) is 0.667. The predicted molar refractivity (Wildman–Crippen MR) is 36.4 cm³/mol. The van der Waals surface area contributed by atoms with Crippen molar-refractivity contribution in [3.8, 4) is 0 Å². The molecule has 0 saturated carbocycles. The monoisotopic (exact) mass is 134 g/mol.